The SMILES string of the molecule is O=C(Nc1nccs1)c1cc([C@@H]2CN(Cc3ccc(F)cc3)CCO2)nc2ccccc12. The zero-order chi connectivity index (χ0) is 21.9. The second kappa shape index (κ2) is 9.12. The Morgan fingerprint density at radius 1 is 1.22 bits per heavy atom. The molecule has 32 heavy (non-hydrogen) atoms. The standard InChI is InChI=1S/C24H21FN4O2S/c25-17-7-5-16(6-8-17)14-29-10-11-31-22(15-29)21-13-19(18-3-1-2-4-20(18)27-21)23(30)28-24-26-9-12-32-24/h1-9,12-13,22H,10-11,14-15H2,(H,26,28,30)/t22-/m0/s1. The van der Waals surface area contributed by atoms with Crippen LogP contribution in [-0.4, -0.2) is 40.5 Å². The van der Waals surface area contributed by atoms with Crippen LogP contribution in [-0.2, 0) is 11.3 Å². The van der Waals surface area contributed by atoms with Crippen molar-refractivity contribution in [2.24, 2.45) is 0 Å². The van der Waals surface area contributed by atoms with Crippen LogP contribution in [0.2, 0.25) is 0 Å². The summed E-state index contributed by atoms with van der Waals surface area (Å²) in [7, 11) is 0. The number of ether oxygens (including phenoxy) is 1. The number of thiazole rings is 1. The van der Waals surface area contributed by atoms with Crippen molar-refractivity contribution in [3.63, 3.8) is 0 Å². The number of carbonyl (C=O) groups is 1. The number of pyridine rings is 1. The molecule has 8 heteroatoms. The maximum atomic E-state index is 13.2. The number of hydrogen-bond acceptors (Lipinski definition) is 6. The molecule has 1 amide bonds. The van der Waals surface area contributed by atoms with Crippen molar-refractivity contribution in [3.8, 4) is 0 Å². The summed E-state index contributed by atoms with van der Waals surface area (Å²) in [6.45, 7) is 2.67. The minimum Gasteiger partial charge on any atom is -0.369 e. The van der Waals surface area contributed by atoms with E-state index in [1.807, 2.05) is 35.7 Å². The van der Waals surface area contributed by atoms with Gasteiger partial charge in [0.25, 0.3) is 5.91 Å². The quantitative estimate of drug-likeness (QED) is 0.481. The first-order valence-electron chi connectivity index (χ1n) is 10.3. The van der Waals surface area contributed by atoms with Gasteiger partial charge in [0, 0.05) is 36.6 Å². The zero-order valence-corrected chi connectivity index (χ0v) is 18.0. The van der Waals surface area contributed by atoms with Crippen molar-refractivity contribution in [2.75, 3.05) is 25.0 Å². The molecule has 162 valence electrons. The van der Waals surface area contributed by atoms with Crippen LogP contribution in [0.25, 0.3) is 10.9 Å². The third-order valence-corrected chi connectivity index (χ3v) is 6.12. The van der Waals surface area contributed by atoms with E-state index in [9.17, 15) is 9.18 Å². The van der Waals surface area contributed by atoms with Crippen LogP contribution in [0.1, 0.15) is 27.7 Å². The first-order chi connectivity index (χ1) is 15.7. The van der Waals surface area contributed by atoms with Gasteiger partial charge in [0.05, 0.1) is 23.4 Å². The average Bonchev–Trinajstić information content (AvgIpc) is 3.33. The molecule has 0 unspecified atom stereocenters. The molecule has 1 fully saturated rings. The van der Waals surface area contributed by atoms with Crippen LogP contribution in [0.5, 0.6) is 0 Å². The highest BCUT2D eigenvalue weighted by Crippen LogP contribution is 2.27. The van der Waals surface area contributed by atoms with E-state index in [0.717, 1.165) is 28.7 Å². The minimum atomic E-state index is -0.264. The Bertz CT molecular complexity index is 1230. The number of amides is 1. The molecule has 0 spiro atoms. The molecule has 2 aromatic heterocycles. The summed E-state index contributed by atoms with van der Waals surface area (Å²) in [5.41, 5.74) is 3.05. The van der Waals surface area contributed by atoms with Gasteiger partial charge in [-0.2, -0.15) is 0 Å². The molecule has 1 saturated heterocycles. The number of benzene rings is 2. The summed E-state index contributed by atoms with van der Waals surface area (Å²) in [5, 5.41) is 6.02. The molecule has 0 bridgehead atoms. The number of fused-ring (bicyclic) bond motifs is 1. The molecule has 0 aliphatic carbocycles. The monoisotopic (exact) mass is 448 g/mol. The lowest BCUT2D eigenvalue weighted by molar-refractivity contribution is -0.0348. The van der Waals surface area contributed by atoms with E-state index >= 15 is 0 Å². The molecule has 3 heterocycles. The topological polar surface area (TPSA) is 67.4 Å². The van der Waals surface area contributed by atoms with Crippen LogP contribution in [0.4, 0.5) is 9.52 Å². The molecular weight excluding hydrogens is 427 g/mol. The molecule has 1 aliphatic rings. The molecule has 1 aliphatic heterocycles. The normalized spacial score (nSPS) is 16.8. The number of morpholine rings is 1. The Kier molecular flexibility index (Phi) is 5.89. The Morgan fingerprint density at radius 3 is 2.88 bits per heavy atom. The fourth-order valence-corrected chi connectivity index (χ4v) is 4.40. The van der Waals surface area contributed by atoms with Gasteiger partial charge in [-0.1, -0.05) is 30.3 Å². The number of nitrogens with one attached hydrogen (secondary N) is 1. The van der Waals surface area contributed by atoms with E-state index < -0.39 is 0 Å². The molecule has 4 aromatic rings. The first kappa shape index (κ1) is 20.7. The van der Waals surface area contributed by atoms with Crippen molar-refractivity contribution in [1.82, 2.24) is 14.9 Å². The number of anilines is 1. The van der Waals surface area contributed by atoms with E-state index in [0.29, 0.717) is 30.4 Å². The van der Waals surface area contributed by atoms with Crippen LogP contribution in [0.3, 0.4) is 0 Å². The lowest BCUT2D eigenvalue weighted by Gasteiger charge is -2.33. The third-order valence-electron chi connectivity index (χ3n) is 5.43. The maximum Gasteiger partial charge on any atom is 0.258 e. The van der Waals surface area contributed by atoms with Crippen LogP contribution < -0.4 is 5.32 Å². The van der Waals surface area contributed by atoms with Gasteiger partial charge in [0.2, 0.25) is 0 Å². The highest BCUT2D eigenvalue weighted by Gasteiger charge is 2.25. The predicted molar refractivity (Wildman–Crippen MR) is 122 cm³/mol. The van der Waals surface area contributed by atoms with Crippen LogP contribution in [0.15, 0.2) is 66.2 Å². The van der Waals surface area contributed by atoms with Gasteiger partial charge in [0.15, 0.2) is 5.13 Å². The Morgan fingerprint density at radius 2 is 2.06 bits per heavy atom. The average molecular weight is 449 g/mol. The van der Waals surface area contributed by atoms with Gasteiger partial charge in [-0.3, -0.25) is 15.0 Å². The van der Waals surface area contributed by atoms with Crippen LogP contribution in [0, 0.1) is 5.82 Å². The molecule has 2 aromatic carbocycles. The minimum absolute atomic E-state index is 0.223. The van der Waals surface area contributed by atoms with Crippen molar-refractivity contribution in [1.29, 1.82) is 0 Å². The van der Waals surface area contributed by atoms with E-state index in [4.69, 9.17) is 9.72 Å². The van der Waals surface area contributed by atoms with E-state index in [1.54, 1.807) is 18.3 Å². The predicted octanol–water partition coefficient (Wildman–Crippen LogP) is 4.66. The lowest BCUT2D eigenvalue weighted by Crippen LogP contribution is -2.38. The van der Waals surface area contributed by atoms with Crippen molar-refractivity contribution < 1.29 is 13.9 Å². The number of nitrogens with zero attached hydrogens (tertiary/aromatic N) is 3. The van der Waals surface area contributed by atoms with Gasteiger partial charge < -0.3 is 4.74 Å². The Balaban J connectivity index is 1.41. The third kappa shape index (κ3) is 4.52. The van der Waals surface area contributed by atoms with Crippen molar-refractivity contribution >= 4 is 33.3 Å². The fraction of sp³-hybridized carbons (Fsp3) is 0.208. The van der Waals surface area contributed by atoms with Gasteiger partial charge in [0.1, 0.15) is 11.9 Å². The van der Waals surface area contributed by atoms with E-state index in [-0.39, 0.29) is 17.8 Å². The zero-order valence-electron chi connectivity index (χ0n) is 17.2. The van der Waals surface area contributed by atoms with Crippen molar-refractivity contribution in [3.05, 3.63) is 88.8 Å². The van der Waals surface area contributed by atoms with Crippen molar-refractivity contribution in [2.45, 2.75) is 12.6 Å². The smallest absolute Gasteiger partial charge is 0.258 e. The number of aromatic nitrogens is 2. The van der Waals surface area contributed by atoms with Gasteiger partial charge in [-0.15, -0.1) is 11.3 Å². The second-order valence-electron chi connectivity index (χ2n) is 7.62. The Labute approximate surface area is 188 Å². The number of hydrogen-bond donors (Lipinski definition) is 1. The van der Waals surface area contributed by atoms with E-state index in [1.165, 1.54) is 23.5 Å². The summed E-state index contributed by atoms with van der Waals surface area (Å²) in [5.74, 6) is -0.462. The molecule has 5 rings (SSSR count). The number of halogens is 1. The molecule has 6 nitrogen and oxygen atoms in total. The molecular formula is C24H21FN4O2S. The lowest BCUT2D eigenvalue weighted by atomic mass is 10.0. The first-order valence-corrected chi connectivity index (χ1v) is 11.2. The highest BCUT2D eigenvalue weighted by atomic mass is 32.1. The fourth-order valence-electron chi connectivity index (χ4n) is 3.87. The largest absolute Gasteiger partial charge is 0.369 e. The second-order valence-corrected chi connectivity index (χ2v) is 8.52. The summed E-state index contributed by atoms with van der Waals surface area (Å²) in [4.78, 5) is 24.2. The molecule has 1 atom stereocenters. The number of para-hydroxylation sites is 1. The molecule has 1 N–H and O–H groups in total. The van der Waals surface area contributed by atoms with Gasteiger partial charge in [-0.05, 0) is 29.8 Å². The summed E-state index contributed by atoms with van der Waals surface area (Å²) < 4.78 is 19.3. The summed E-state index contributed by atoms with van der Waals surface area (Å²) in [6, 6.07) is 16.0. The van der Waals surface area contributed by atoms with Crippen LogP contribution >= 0.6 is 11.3 Å². The Hall–Kier alpha value is -3.20. The molecule has 0 radical (unpaired) electrons. The molecule has 0 saturated carbocycles. The maximum absolute atomic E-state index is 13.2. The number of rotatable bonds is 5. The number of carbonyl (C=O) groups excluding carboxylic acids is 1. The van der Waals surface area contributed by atoms with Gasteiger partial charge in [-0.25, -0.2) is 14.4 Å². The summed E-state index contributed by atoms with van der Waals surface area (Å²) in [6.07, 6.45) is 1.39. The highest BCUT2D eigenvalue weighted by molar-refractivity contribution is 7.13. The van der Waals surface area contributed by atoms with Gasteiger partial charge >= 0.3 is 0 Å². The van der Waals surface area contributed by atoms with E-state index in [2.05, 4.69) is 15.2 Å². The summed E-state index contributed by atoms with van der Waals surface area (Å²) >= 11 is 1.37.